The van der Waals surface area contributed by atoms with Crippen LogP contribution in [0.1, 0.15) is 12.6 Å². The van der Waals surface area contributed by atoms with Crippen LogP contribution in [0.15, 0.2) is 35.5 Å². The molecule has 4 nitrogen and oxygen atoms in total. The van der Waals surface area contributed by atoms with Crippen LogP contribution in [0.4, 0.5) is 0 Å². The van der Waals surface area contributed by atoms with Gasteiger partial charge in [-0.3, -0.25) is 9.78 Å². The van der Waals surface area contributed by atoms with Gasteiger partial charge in [-0.05, 0) is 24.6 Å². The van der Waals surface area contributed by atoms with E-state index in [0.717, 1.165) is 30.8 Å². The van der Waals surface area contributed by atoms with Crippen molar-refractivity contribution < 1.29 is 4.79 Å². The first kappa shape index (κ1) is 11.8. The van der Waals surface area contributed by atoms with Gasteiger partial charge in [-0.15, -0.1) is 0 Å². The number of rotatable bonds is 4. The molecule has 0 aliphatic carbocycles. The first-order valence-electron chi connectivity index (χ1n) is 5.85. The summed E-state index contributed by atoms with van der Waals surface area (Å²) in [6.45, 7) is 4.21. The van der Waals surface area contributed by atoms with Crippen molar-refractivity contribution in [3.63, 3.8) is 0 Å². The molecular formula is C13H17N3O. The van der Waals surface area contributed by atoms with Crippen molar-refractivity contribution in [3.8, 4) is 0 Å². The maximum absolute atomic E-state index is 11.8. The van der Waals surface area contributed by atoms with E-state index >= 15 is 0 Å². The number of nitrogens with one attached hydrogen (secondary N) is 2. The van der Waals surface area contributed by atoms with Crippen LogP contribution in [0.3, 0.4) is 0 Å². The van der Waals surface area contributed by atoms with E-state index in [0.29, 0.717) is 6.54 Å². The zero-order valence-electron chi connectivity index (χ0n) is 9.99. The minimum atomic E-state index is 0.0393. The minimum Gasteiger partial charge on any atom is -0.352 e. The van der Waals surface area contributed by atoms with E-state index in [1.807, 2.05) is 25.1 Å². The number of carbonyl (C=O) groups is 1. The summed E-state index contributed by atoms with van der Waals surface area (Å²) in [5.74, 6) is 0.0393. The second-order valence-corrected chi connectivity index (χ2v) is 4.16. The number of pyridine rings is 1. The van der Waals surface area contributed by atoms with Crippen molar-refractivity contribution in [3.05, 3.63) is 41.2 Å². The monoisotopic (exact) mass is 231 g/mol. The fraction of sp³-hybridized carbons (Fsp3) is 0.385. The molecule has 1 amide bonds. The number of amides is 1. The van der Waals surface area contributed by atoms with E-state index in [9.17, 15) is 4.79 Å². The fourth-order valence-electron chi connectivity index (χ4n) is 1.66. The third-order valence-electron chi connectivity index (χ3n) is 2.94. The first-order chi connectivity index (χ1) is 8.27. The Bertz CT molecular complexity index is 420. The van der Waals surface area contributed by atoms with Crippen LogP contribution in [0.2, 0.25) is 0 Å². The molecule has 90 valence electrons. The Balaban J connectivity index is 1.77. The van der Waals surface area contributed by atoms with Gasteiger partial charge in [-0.1, -0.05) is 6.07 Å². The van der Waals surface area contributed by atoms with Crippen LogP contribution < -0.4 is 10.6 Å². The molecule has 4 heteroatoms. The Morgan fingerprint density at radius 1 is 1.47 bits per heavy atom. The standard InChI is InChI=1S/C13H17N3O/c1-10(11-8-14-9-11)13(17)16-7-5-12-4-2-3-6-15-12/h2-4,6,14H,5,7-9H2,1H3,(H,16,17). The molecule has 1 saturated heterocycles. The van der Waals surface area contributed by atoms with Gasteiger partial charge in [0.15, 0.2) is 0 Å². The van der Waals surface area contributed by atoms with Crippen LogP contribution in [-0.2, 0) is 11.2 Å². The number of hydrogen-bond donors (Lipinski definition) is 2. The van der Waals surface area contributed by atoms with Crippen LogP contribution in [0.25, 0.3) is 0 Å². The van der Waals surface area contributed by atoms with Crippen LogP contribution >= 0.6 is 0 Å². The normalized spacial score (nSPS) is 14.1. The molecule has 0 spiro atoms. The fourth-order valence-corrected chi connectivity index (χ4v) is 1.66. The molecule has 0 aromatic carbocycles. The summed E-state index contributed by atoms with van der Waals surface area (Å²) < 4.78 is 0. The minimum absolute atomic E-state index is 0.0393. The highest BCUT2D eigenvalue weighted by Crippen LogP contribution is 2.08. The lowest BCUT2D eigenvalue weighted by molar-refractivity contribution is -0.117. The lowest BCUT2D eigenvalue weighted by Crippen LogP contribution is -2.38. The Labute approximate surface area is 101 Å². The van der Waals surface area contributed by atoms with Crippen molar-refractivity contribution in [1.82, 2.24) is 15.6 Å². The first-order valence-corrected chi connectivity index (χ1v) is 5.85. The van der Waals surface area contributed by atoms with E-state index in [1.54, 1.807) is 6.20 Å². The SMILES string of the molecule is CC(C(=O)NCCc1ccccn1)=C1CNC1. The Morgan fingerprint density at radius 3 is 2.88 bits per heavy atom. The van der Waals surface area contributed by atoms with Crippen molar-refractivity contribution in [2.75, 3.05) is 19.6 Å². The molecule has 1 fully saturated rings. The lowest BCUT2D eigenvalue weighted by Gasteiger charge is -2.21. The molecule has 2 heterocycles. The van der Waals surface area contributed by atoms with Gasteiger partial charge in [-0.2, -0.15) is 0 Å². The average molecular weight is 231 g/mol. The summed E-state index contributed by atoms with van der Waals surface area (Å²) in [7, 11) is 0. The van der Waals surface area contributed by atoms with E-state index in [-0.39, 0.29) is 5.91 Å². The quantitative estimate of drug-likeness (QED) is 0.748. The summed E-state index contributed by atoms with van der Waals surface area (Å²) in [6, 6.07) is 5.81. The molecule has 0 unspecified atom stereocenters. The topological polar surface area (TPSA) is 54.0 Å². The van der Waals surface area contributed by atoms with Gasteiger partial charge in [0, 0.05) is 43.5 Å². The van der Waals surface area contributed by atoms with Gasteiger partial charge >= 0.3 is 0 Å². The highest BCUT2D eigenvalue weighted by atomic mass is 16.1. The largest absolute Gasteiger partial charge is 0.352 e. The maximum Gasteiger partial charge on any atom is 0.246 e. The Kier molecular flexibility index (Phi) is 3.88. The molecule has 2 rings (SSSR count). The molecule has 1 aliphatic rings. The average Bonchev–Trinajstić information content (AvgIpc) is 2.28. The summed E-state index contributed by atoms with van der Waals surface area (Å²) in [4.78, 5) is 16.0. The molecule has 1 aliphatic heterocycles. The number of carbonyl (C=O) groups excluding carboxylic acids is 1. The second-order valence-electron chi connectivity index (χ2n) is 4.16. The van der Waals surface area contributed by atoms with E-state index in [4.69, 9.17) is 0 Å². The van der Waals surface area contributed by atoms with Gasteiger partial charge in [-0.25, -0.2) is 0 Å². The third-order valence-corrected chi connectivity index (χ3v) is 2.94. The molecule has 2 N–H and O–H groups in total. The molecule has 0 atom stereocenters. The zero-order valence-corrected chi connectivity index (χ0v) is 9.99. The molecule has 1 aromatic heterocycles. The van der Waals surface area contributed by atoms with E-state index < -0.39 is 0 Å². The third kappa shape index (κ3) is 3.14. The molecule has 1 aromatic rings. The molecule has 0 bridgehead atoms. The number of aromatic nitrogens is 1. The summed E-state index contributed by atoms with van der Waals surface area (Å²) in [6.07, 6.45) is 2.54. The van der Waals surface area contributed by atoms with Crippen molar-refractivity contribution >= 4 is 5.91 Å². The van der Waals surface area contributed by atoms with Gasteiger partial charge in [0.25, 0.3) is 0 Å². The lowest BCUT2D eigenvalue weighted by atomic mass is 10.0. The van der Waals surface area contributed by atoms with Crippen molar-refractivity contribution in [2.24, 2.45) is 0 Å². The summed E-state index contributed by atoms with van der Waals surface area (Å²) >= 11 is 0. The predicted octanol–water partition coefficient (Wildman–Crippen LogP) is 0.660. The van der Waals surface area contributed by atoms with E-state index in [2.05, 4.69) is 15.6 Å². The molecule has 0 radical (unpaired) electrons. The van der Waals surface area contributed by atoms with Crippen LogP contribution in [0.5, 0.6) is 0 Å². The maximum atomic E-state index is 11.8. The molecular weight excluding hydrogens is 214 g/mol. The second kappa shape index (κ2) is 5.59. The Morgan fingerprint density at radius 2 is 2.29 bits per heavy atom. The van der Waals surface area contributed by atoms with Crippen molar-refractivity contribution in [2.45, 2.75) is 13.3 Å². The van der Waals surface area contributed by atoms with E-state index in [1.165, 1.54) is 5.57 Å². The Hall–Kier alpha value is -1.68. The smallest absolute Gasteiger partial charge is 0.246 e. The molecule has 0 saturated carbocycles. The number of nitrogens with zero attached hydrogens (tertiary/aromatic N) is 1. The summed E-state index contributed by atoms with van der Waals surface area (Å²) in [5.41, 5.74) is 3.06. The number of hydrogen-bond acceptors (Lipinski definition) is 3. The highest BCUT2D eigenvalue weighted by molar-refractivity contribution is 5.93. The van der Waals surface area contributed by atoms with Gasteiger partial charge in [0.2, 0.25) is 5.91 Å². The van der Waals surface area contributed by atoms with Gasteiger partial charge in [0.1, 0.15) is 0 Å². The highest BCUT2D eigenvalue weighted by Gasteiger charge is 2.15. The van der Waals surface area contributed by atoms with Gasteiger partial charge in [0.05, 0.1) is 0 Å². The zero-order chi connectivity index (χ0) is 12.1. The molecule has 17 heavy (non-hydrogen) atoms. The van der Waals surface area contributed by atoms with Crippen LogP contribution in [0, 0.1) is 0 Å². The summed E-state index contributed by atoms with van der Waals surface area (Å²) in [5, 5.41) is 6.05. The van der Waals surface area contributed by atoms with Crippen molar-refractivity contribution in [1.29, 1.82) is 0 Å². The van der Waals surface area contributed by atoms with Gasteiger partial charge < -0.3 is 10.6 Å². The predicted molar refractivity (Wildman–Crippen MR) is 66.5 cm³/mol. The van der Waals surface area contributed by atoms with Crippen LogP contribution in [-0.4, -0.2) is 30.5 Å².